The van der Waals surface area contributed by atoms with Gasteiger partial charge in [-0.1, -0.05) is 42.0 Å². The number of aryl methyl sites for hydroxylation is 1. The van der Waals surface area contributed by atoms with E-state index in [1.807, 2.05) is 49.4 Å². The summed E-state index contributed by atoms with van der Waals surface area (Å²) in [5, 5.41) is 6.08. The van der Waals surface area contributed by atoms with Gasteiger partial charge in [-0.15, -0.1) is 0 Å². The van der Waals surface area contributed by atoms with Crippen LogP contribution in [0.25, 0.3) is 6.08 Å². The molecule has 1 aliphatic rings. The van der Waals surface area contributed by atoms with Crippen LogP contribution in [-0.2, 0) is 9.59 Å². The molecule has 0 aliphatic carbocycles. The van der Waals surface area contributed by atoms with Crippen molar-refractivity contribution in [2.75, 3.05) is 19.0 Å². The zero-order valence-corrected chi connectivity index (χ0v) is 19.5. The molecule has 0 aromatic heterocycles. The molecule has 8 heteroatoms. The minimum atomic E-state index is -0.279. The second-order valence-corrected chi connectivity index (χ2v) is 8.46. The summed E-state index contributed by atoms with van der Waals surface area (Å²) in [6.45, 7) is 1.84. The van der Waals surface area contributed by atoms with Crippen molar-refractivity contribution in [2.24, 2.45) is 4.99 Å². The largest absolute Gasteiger partial charge is 0.493 e. The third-order valence-corrected chi connectivity index (χ3v) is 5.73. The summed E-state index contributed by atoms with van der Waals surface area (Å²) in [5.41, 5.74) is 3.37. The highest BCUT2D eigenvalue weighted by Crippen LogP contribution is 2.32. The number of amidine groups is 1. The van der Waals surface area contributed by atoms with Crippen LogP contribution in [0.3, 0.4) is 0 Å². The monoisotopic (exact) mass is 473 g/mol. The molecule has 34 heavy (non-hydrogen) atoms. The number of ether oxygens (including phenoxy) is 2. The SMILES string of the molecule is COc1cc(/C=C2/SC(=Nc3ccc(C)cc3)NC2=O)ccc1OCC(=O)Nc1ccccc1. The predicted octanol–water partition coefficient (Wildman–Crippen LogP) is 4.91. The standard InChI is InChI=1S/C26H23N3O4S/c1-17-8-11-20(12-9-17)28-26-29-25(31)23(34-26)15-18-10-13-21(22(14-18)32-2)33-16-24(30)27-19-6-4-3-5-7-19/h3-15H,16H2,1-2H3,(H,27,30)(H,28,29,31)/b23-15+. The van der Waals surface area contributed by atoms with Crippen LogP contribution in [-0.4, -0.2) is 30.7 Å². The Morgan fingerprint density at radius 3 is 2.56 bits per heavy atom. The molecular formula is C26H23N3O4S. The van der Waals surface area contributed by atoms with Gasteiger partial charge in [-0.25, -0.2) is 4.99 Å². The average Bonchev–Trinajstić information content (AvgIpc) is 3.18. The van der Waals surface area contributed by atoms with E-state index < -0.39 is 0 Å². The van der Waals surface area contributed by atoms with E-state index in [9.17, 15) is 9.59 Å². The van der Waals surface area contributed by atoms with Crippen LogP contribution < -0.4 is 20.1 Å². The van der Waals surface area contributed by atoms with E-state index in [1.165, 1.54) is 18.9 Å². The van der Waals surface area contributed by atoms with Crippen molar-refractivity contribution in [1.82, 2.24) is 5.32 Å². The Bertz CT molecular complexity index is 1250. The number of amides is 2. The van der Waals surface area contributed by atoms with Gasteiger partial charge in [0.1, 0.15) is 0 Å². The maximum absolute atomic E-state index is 12.4. The van der Waals surface area contributed by atoms with E-state index in [-0.39, 0.29) is 18.4 Å². The number of nitrogens with zero attached hydrogens (tertiary/aromatic N) is 1. The smallest absolute Gasteiger partial charge is 0.264 e. The normalized spacial score (nSPS) is 15.3. The van der Waals surface area contributed by atoms with Crippen LogP contribution in [0.15, 0.2) is 82.7 Å². The van der Waals surface area contributed by atoms with Crippen LogP contribution in [0, 0.1) is 6.92 Å². The highest BCUT2D eigenvalue weighted by atomic mass is 32.2. The zero-order chi connectivity index (χ0) is 23.9. The number of para-hydroxylation sites is 1. The quantitative estimate of drug-likeness (QED) is 0.476. The summed E-state index contributed by atoms with van der Waals surface area (Å²) < 4.78 is 11.1. The molecule has 1 aliphatic heterocycles. The van der Waals surface area contributed by atoms with Crippen molar-refractivity contribution in [3.05, 3.63) is 88.8 Å². The van der Waals surface area contributed by atoms with Crippen LogP contribution in [0.5, 0.6) is 11.5 Å². The molecule has 1 fully saturated rings. The first-order valence-electron chi connectivity index (χ1n) is 10.5. The number of nitrogens with one attached hydrogen (secondary N) is 2. The van der Waals surface area contributed by atoms with Gasteiger partial charge in [0.05, 0.1) is 17.7 Å². The summed E-state index contributed by atoms with van der Waals surface area (Å²) >= 11 is 1.27. The molecule has 3 aromatic carbocycles. The van der Waals surface area contributed by atoms with E-state index in [4.69, 9.17) is 9.47 Å². The van der Waals surface area contributed by atoms with Crippen molar-refractivity contribution < 1.29 is 19.1 Å². The lowest BCUT2D eigenvalue weighted by atomic mass is 10.2. The number of carbonyl (C=O) groups excluding carboxylic acids is 2. The minimum absolute atomic E-state index is 0.164. The first kappa shape index (κ1) is 23.1. The lowest BCUT2D eigenvalue weighted by Crippen LogP contribution is -2.20. The Labute approximate surface area is 201 Å². The number of hydrogen-bond donors (Lipinski definition) is 2. The van der Waals surface area contributed by atoms with Gasteiger partial charge in [0.2, 0.25) is 0 Å². The van der Waals surface area contributed by atoms with Crippen molar-refractivity contribution >= 4 is 46.2 Å². The highest BCUT2D eigenvalue weighted by molar-refractivity contribution is 8.18. The summed E-state index contributed by atoms with van der Waals surface area (Å²) in [4.78, 5) is 29.6. The van der Waals surface area contributed by atoms with E-state index in [0.717, 1.165) is 16.8 Å². The number of aliphatic imine (C=N–C) groups is 1. The second kappa shape index (κ2) is 10.7. The fourth-order valence-corrected chi connectivity index (χ4v) is 3.97. The molecule has 7 nitrogen and oxygen atoms in total. The number of hydrogen-bond acceptors (Lipinski definition) is 6. The first-order valence-corrected chi connectivity index (χ1v) is 11.3. The Hall–Kier alpha value is -4.04. The average molecular weight is 474 g/mol. The fraction of sp³-hybridized carbons (Fsp3) is 0.115. The summed E-state index contributed by atoms with van der Waals surface area (Å²) in [6, 6.07) is 22.2. The summed E-state index contributed by atoms with van der Waals surface area (Å²) in [7, 11) is 1.52. The van der Waals surface area contributed by atoms with Crippen molar-refractivity contribution in [3.63, 3.8) is 0 Å². The van der Waals surface area contributed by atoms with Gasteiger partial charge in [-0.3, -0.25) is 9.59 Å². The Morgan fingerprint density at radius 2 is 1.82 bits per heavy atom. The van der Waals surface area contributed by atoms with Crippen molar-refractivity contribution in [3.8, 4) is 11.5 Å². The predicted molar refractivity (Wildman–Crippen MR) is 136 cm³/mol. The third-order valence-electron chi connectivity index (χ3n) is 4.82. The zero-order valence-electron chi connectivity index (χ0n) is 18.7. The second-order valence-electron chi connectivity index (χ2n) is 7.43. The van der Waals surface area contributed by atoms with Gasteiger partial charge in [0, 0.05) is 5.69 Å². The summed E-state index contributed by atoms with van der Waals surface area (Å²) in [6.07, 6.45) is 1.76. The van der Waals surface area contributed by atoms with Gasteiger partial charge in [-0.05, 0) is 66.7 Å². The molecule has 0 saturated carbocycles. The van der Waals surface area contributed by atoms with Gasteiger partial charge in [-0.2, -0.15) is 0 Å². The molecule has 172 valence electrons. The Balaban J connectivity index is 1.42. The molecule has 0 bridgehead atoms. The van der Waals surface area contributed by atoms with E-state index in [0.29, 0.717) is 27.3 Å². The molecule has 0 unspecified atom stereocenters. The van der Waals surface area contributed by atoms with Gasteiger partial charge in [0.25, 0.3) is 11.8 Å². The molecule has 2 amide bonds. The maximum atomic E-state index is 12.4. The molecule has 3 aromatic rings. The number of rotatable bonds is 7. The van der Waals surface area contributed by atoms with E-state index in [2.05, 4.69) is 15.6 Å². The number of anilines is 1. The highest BCUT2D eigenvalue weighted by Gasteiger charge is 2.24. The number of thioether (sulfide) groups is 1. The number of methoxy groups -OCH3 is 1. The molecule has 1 saturated heterocycles. The molecule has 1 heterocycles. The fourth-order valence-electron chi connectivity index (χ4n) is 3.12. The van der Waals surface area contributed by atoms with Crippen LogP contribution in [0.1, 0.15) is 11.1 Å². The van der Waals surface area contributed by atoms with Crippen LogP contribution in [0.2, 0.25) is 0 Å². The maximum Gasteiger partial charge on any atom is 0.264 e. The van der Waals surface area contributed by atoms with Gasteiger partial charge in [0.15, 0.2) is 23.3 Å². The van der Waals surface area contributed by atoms with Crippen molar-refractivity contribution in [2.45, 2.75) is 6.92 Å². The molecule has 0 atom stereocenters. The Morgan fingerprint density at radius 1 is 1.06 bits per heavy atom. The molecule has 0 spiro atoms. The molecule has 2 N–H and O–H groups in total. The van der Waals surface area contributed by atoms with Crippen molar-refractivity contribution in [1.29, 1.82) is 0 Å². The van der Waals surface area contributed by atoms with Crippen LogP contribution in [0.4, 0.5) is 11.4 Å². The van der Waals surface area contributed by atoms with E-state index in [1.54, 1.807) is 36.4 Å². The lowest BCUT2D eigenvalue weighted by Gasteiger charge is -2.11. The topological polar surface area (TPSA) is 89.0 Å². The molecular weight excluding hydrogens is 450 g/mol. The number of benzene rings is 3. The Kier molecular flexibility index (Phi) is 7.29. The van der Waals surface area contributed by atoms with Crippen LogP contribution >= 0.6 is 11.8 Å². The molecule has 4 rings (SSSR count). The first-order chi connectivity index (χ1) is 16.5. The van der Waals surface area contributed by atoms with E-state index >= 15 is 0 Å². The third kappa shape index (κ3) is 6.05. The van der Waals surface area contributed by atoms with Gasteiger partial charge >= 0.3 is 0 Å². The molecule has 0 radical (unpaired) electrons. The minimum Gasteiger partial charge on any atom is -0.493 e. The lowest BCUT2D eigenvalue weighted by molar-refractivity contribution is -0.118. The van der Waals surface area contributed by atoms with Gasteiger partial charge < -0.3 is 20.1 Å². The summed E-state index contributed by atoms with van der Waals surface area (Å²) in [5.74, 6) is 0.392. The number of carbonyl (C=O) groups is 2.